The maximum absolute atomic E-state index is 11.6. The van der Waals surface area contributed by atoms with Crippen molar-refractivity contribution in [1.82, 2.24) is 15.5 Å². The van der Waals surface area contributed by atoms with Crippen LogP contribution in [0.4, 0.5) is 0 Å². The molecule has 0 bridgehead atoms. The van der Waals surface area contributed by atoms with E-state index in [1.54, 1.807) is 12.1 Å². The molecular weight excluding hydrogens is 250 g/mol. The molecule has 1 heterocycles. The van der Waals surface area contributed by atoms with E-state index in [0.29, 0.717) is 5.69 Å². The molecule has 2 aromatic rings. The fraction of sp³-hybridized carbons (Fsp3) is 0.0833. The Hall–Kier alpha value is -2.83. The lowest BCUT2D eigenvalue weighted by atomic mass is 10.1. The second kappa shape index (κ2) is 5.21. The van der Waals surface area contributed by atoms with Crippen LogP contribution in [0.2, 0.25) is 0 Å². The van der Waals surface area contributed by atoms with Crippen molar-refractivity contribution in [2.45, 2.75) is 0 Å². The summed E-state index contributed by atoms with van der Waals surface area (Å²) in [5.74, 6) is -1.52. The van der Waals surface area contributed by atoms with Crippen LogP contribution >= 0.6 is 0 Å². The average Bonchev–Trinajstić information content (AvgIpc) is 2.86. The first-order valence-electron chi connectivity index (χ1n) is 5.41. The van der Waals surface area contributed by atoms with Gasteiger partial charge in [-0.05, 0) is 30.3 Å². The molecule has 0 saturated carbocycles. The predicted molar refractivity (Wildman–Crippen MR) is 65.7 cm³/mol. The van der Waals surface area contributed by atoms with Gasteiger partial charge in [-0.1, -0.05) is 0 Å². The van der Waals surface area contributed by atoms with Crippen molar-refractivity contribution in [3.05, 3.63) is 36.0 Å². The number of phenolic OH excluding ortho intramolecular Hbond substituents is 1. The van der Waals surface area contributed by atoms with Gasteiger partial charge in [0.1, 0.15) is 18.0 Å². The van der Waals surface area contributed by atoms with Crippen molar-refractivity contribution in [2.75, 3.05) is 6.54 Å². The fourth-order valence-electron chi connectivity index (χ4n) is 1.47. The van der Waals surface area contributed by atoms with Crippen molar-refractivity contribution in [3.63, 3.8) is 0 Å². The summed E-state index contributed by atoms with van der Waals surface area (Å²) < 4.78 is 0. The highest BCUT2D eigenvalue weighted by Crippen LogP contribution is 2.20. The average molecular weight is 261 g/mol. The Balaban J connectivity index is 2.12. The molecule has 0 atom stereocenters. The number of aromatic nitrogens is 2. The largest absolute Gasteiger partial charge is 0.508 e. The van der Waals surface area contributed by atoms with Crippen LogP contribution in [-0.2, 0) is 4.79 Å². The standard InChI is InChI=1S/C12H11N3O4/c16-8-3-1-7(2-4-8)9-5-10(15-14-9)12(19)13-6-11(17)18/h1-5,16H,6H2,(H,13,19)(H,14,15)(H,17,18). The third kappa shape index (κ3) is 3.09. The van der Waals surface area contributed by atoms with E-state index in [9.17, 15) is 14.7 Å². The Kier molecular flexibility index (Phi) is 3.46. The number of hydrogen-bond acceptors (Lipinski definition) is 4. The van der Waals surface area contributed by atoms with Crippen LogP contribution in [0.15, 0.2) is 30.3 Å². The summed E-state index contributed by atoms with van der Waals surface area (Å²) >= 11 is 0. The van der Waals surface area contributed by atoms with E-state index in [2.05, 4.69) is 15.5 Å². The summed E-state index contributed by atoms with van der Waals surface area (Å²) in [6, 6.07) is 7.83. The molecule has 1 aromatic carbocycles. The van der Waals surface area contributed by atoms with Crippen LogP contribution in [0.25, 0.3) is 11.3 Å². The van der Waals surface area contributed by atoms with Crippen molar-refractivity contribution in [1.29, 1.82) is 0 Å². The molecule has 7 nitrogen and oxygen atoms in total. The van der Waals surface area contributed by atoms with Crippen LogP contribution in [0.5, 0.6) is 5.75 Å². The molecule has 1 aromatic heterocycles. The van der Waals surface area contributed by atoms with Gasteiger partial charge >= 0.3 is 5.97 Å². The van der Waals surface area contributed by atoms with Gasteiger partial charge in [-0.25, -0.2) is 0 Å². The first-order chi connectivity index (χ1) is 9.06. The number of aromatic amines is 1. The van der Waals surface area contributed by atoms with Gasteiger partial charge in [0.05, 0.1) is 5.69 Å². The molecule has 98 valence electrons. The molecule has 0 unspecified atom stereocenters. The van der Waals surface area contributed by atoms with Gasteiger partial charge in [0, 0.05) is 5.56 Å². The summed E-state index contributed by atoms with van der Waals surface area (Å²) in [6.07, 6.45) is 0. The summed E-state index contributed by atoms with van der Waals surface area (Å²) in [5.41, 5.74) is 1.43. The highest BCUT2D eigenvalue weighted by Gasteiger charge is 2.11. The highest BCUT2D eigenvalue weighted by atomic mass is 16.4. The van der Waals surface area contributed by atoms with E-state index in [1.165, 1.54) is 18.2 Å². The molecule has 1 amide bonds. The van der Waals surface area contributed by atoms with Gasteiger partial charge < -0.3 is 15.5 Å². The van der Waals surface area contributed by atoms with Crippen molar-refractivity contribution in [3.8, 4) is 17.0 Å². The molecule has 19 heavy (non-hydrogen) atoms. The number of carbonyl (C=O) groups is 2. The molecule has 0 radical (unpaired) electrons. The smallest absolute Gasteiger partial charge is 0.322 e. The number of rotatable bonds is 4. The molecular formula is C12H11N3O4. The lowest BCUT2D eigenvalue weighted by Gasteiger charge is -1.98. The first kappa shape index (κ1) is 12.6. The zero-order valence-electron chi connectivity index (χ0n) is 9.75. The molecule has 2 rings (SSSR count). The van der Waals surface area contributed by atoms with Gasteiger partial charge in [-0.15, -0.1) is 0 Å². The summed E-state index contributed by atoms with van der Waals surface area (Å²) in [7, 11) is 0. The fourth-order valence-corrected chi connectivity index (χ4v) is 1.47. The number of nitrogens with one attached hydrogen (secondary N) is 2. The molecule has 0 spiro atoms. The number of phenols is 1. The van der Waals surface area contributed by atoms with E-state index in [4.69, 9.17) is 5.11 Å². The molecule has 4 N–H and O–H groups in total. The summed E-state index contributed by atoms with van der Waals surface area (Å²) in [6.45, 7) is -0.452. The van der Waals surface area contributed by atoms with Crippen LogP contribution in [0, 0.1) is 0 Å². The monoisotopic (exact) mass is 261 g/mol. The van der Waals surface area contributed by atoms with Gasteiger partial charge in [0.2, 0.25) is 0 Å². The summed E-state index contributed by atoms with van der Waals surface area (Å²) in [5, 5.41) is 26.3. The van der Waals surface area contributed by atoms with Crippen molar-refractivity contribution in [2.24, 2.45) is 0 Å². The Morgan fingerprint density at radius 3 is 2.58 bits per heavy atom. The van der Waals surface area contributed by atoms with Crippen LogP contribution in [-0.4, -0.2) is 38.8 Å². The molecule has 0 aliphatic rings. The van der Waals surface area contributed by atoms with Gasteiger partial charge in [0.15, 0.2) is 0 Å². The Morgan fingerprint density at radius 1 is 1.26 bits per heavy atom. The third-order valence-electron chi connectivity index (χ3n) is 2.39. The number of amides is 1. The SMILES string of the molecule is O=C(O)CNC(=O)c1cc(-c2ccc(O)cc2)n[nH]1. The first-order valence-corrected chi connectivity index (χ1v) is 5.41. The minimum atomic E-state index is -1.12. The van der Waals surface area contributed by atoms with Gasteiger partial charge in [-0.3, -0.25) is 14.7 Å². The topological polar surface area (TPSA) is 115 Å². The van der Waals surface area contributed by atoms with Crippen LogP contribution < -0.4 is 5.32 Å². The quantitative estimate of drug-likeness (QED) is 0.643. The minimum Gasteiger partial charge on any atom is -0.508 e. The van der Waals surface area contributed by atoms with Crippen molar-refractivity contribution >= 4 is 11.9 Å². The zero-order chi connectivity index (χ0) is 13.8. The Morgan fingerprint density at radius 2 is 1.95 bits per heavy atom. The maximum Gasteiger partial charge on any atom is 0.322 e. The highest BCUT2D eigenvalue weighted by molar-refractivity contribution is 5.94. The van der Waals surface area contributed by atoms with Gasteiger partial charge in [0.25, 0.3) is 5.91 Å². The lowest BCUT2D eigenvalue weighted by Crippen LogP contribution is -2.29. The molecule has 7 heteroatoms. The Labute approximate surface area is 107 Å². The van der Waals surface area contributed by atoms with E-state index < -0.39 is 18.4 Å². The number of carboxylic acid groups (broad SMARTS) is 1. The molecule has 0 saturated heterocycles. The molecule has 0 fully saturated rings. The summed E-state index contributed by atoms with van der Waals surface area (Å²) in [4.78, 5) is 21.9. The molecule has 0 aliphatic carbocycles. The number of carboxylic acids is 1. The predicted octanol–water partition coefficient (Wildman–Crippen LogP) is 0.597. The number of aromatic hydroxyl groups is 1. The van der Waals surface area contributed by atoms with Crippen LogP contribution in [0.3, 0.4) is 0 Å². The number of carbonyl (C=O) groups excluding carboxylic acids is 1. The maximum atomic E-state index is 11.6. The number of hydrogen-bond donors (Lipinski definition) is 4. The number of benzene rings is 1. The van der Waals surface area contributed by atoms with E-state index >= 15 is 0 Å². The number of aliphatic carboxylic acids is 1. The lowest BCUT2D eigenvalue weighted by molar-refractivity contribution is -0.135. The Bertz CT molecular complexity index is 604. The van der Waals surface area contributed by atoms with E-state index in [1.807, 2.05) is 0 Å². The van der Waals surface area contributed by atoms with Crippen LogP contribution in [0.1, 0.15) is 10.5 Å². The minimum absolute atomic E-state index is 0.138. The van der Waals surface area contributed by atoms with E-state index in [0.717, 1.165) is 5.56 Å². The van der Waals surface area contributed by atoms with Gasteiger partial charge in [-0.2, -0.15) is 5.10 Å². The van der Waals surface area contributed by atoms with Crippen molar-refractivity contribution < 1.29 is 19.8 Å². The second-order valence-corrected chi connectivity index (χ2v) is 3.79. The normalized spacial score (nSPS) is 10.1. The number of H-pyrrole nitrogens is 1. The zero-order valence-corrected chi connectivity index (χ0v) is 9.75. The molecule has 0 aliphatic heterocycles. The van der Waals surface area contributed by atoms with E-state index in [-0.39, 0.29) is 11.4 Å². The second-order valence-electron chi connectivity index (χ2n) is 3.79. The third-order valence-corrected chi connectivity index (χ3v) is 2.39. The number of nitrogens with zero attached hydrogens (tertiary/aromatic N) is 1.